The first-order chi connectivity index (χ1) is 9.91. The van der Waals surface area contributed by atoms with Crippen LogP contribution in [0.15, 0.2) is 0 Å². The van der Waals surface area contributed by atoms with Crippen LogP contribution < -0.4 is 0 Å². The van der Waals surface area contributed by atoms with Crippen LogP contribution in [0.1, 0.15) is 45.4 Å². The smallest absolute Gasteiger partial charge is 0.326 e. The van der Waals surface area contributed by atoms with Crippen molar-refractivity contribution in [3.05, 3.63) is 0 Å². The summed E-state index contributed by atoms with van der Waals surface area (Å²) in [5.74, 6) is -0.942. The lowest BCUT2D eigenvalue weighted by atomic mass is 9.76. The monoisotopic (exact) mass is 296 g/mol. The molecule has 1 aliphatic heterocycles. The largest absolute Gasteiger partial charge is 0.480 e. The molecule has 1 saturated heterocycles. The van der Waals surface area contributed by atoms with Gasteiger partial charge >= 0.3 is 5.97 Å². The first kappa shape index (κ1) is 15.8. The summed E-state index contributed by atoms with van der Waals surface area (Å²) >= 11 is 0. The number of carboxylic acids is 1. The van der Waals surface area contributed by atoms with Gasteiger partial charge in [0.2, 0.25) is 11.8 Å². The van der Waals surface area contributed by atoms with Gasteiger partial charge in [0.05, 0.1) is 6.54 Å². The van der Waals surface area contributed by atoms with Crippen molar-refractivity contribution in [3.63, 3.8) is 0 Å². The molecule has 0 aromatic rings. The molecule has 6 heteroatoms. The van der Waals surface area contributed by atoms with Crippen LogP contribution in [0.4, 0.5) is 0 Å². The van der Waals surface area contributed by atoms with E-state index in [-0.39, 0.29) is 24.4 Å². The zero-order valence-corrected chi connectivity index (χ0v) is 12.7. The highest BCUT2D eigenvalue weighted by Gasteiger charge is 2.43. The van der Waals surface area contributed by atoms with Crippen molar-refractivity contribution >= 4 is 17.8 Å². The molecule has 2 aliphatic rings. The molecule has 0 bridgehead atoms. The van der Waals surface area contributed by atoms with E-state index < -0.39 is 12.0 Å². The average Bonchev–Trinajstić information content (AvgIpc) is 2.45. The molecular formula is C15H24N2O4. The Bertz CT molecular complexity index is 437. The van der Waals surface area contributed by atoms with Gasteiger partial charge < -0.3 is 14.9 Å². The van der Waals surface area contributed by atoms with E-state index >= 15 is 0 Å². The molecule has 118 valence electrons. The molecule has 21 heavy (non-hydrogen) atoms. The maximum absolute atomic E-state index is 12.6. The summed E-state index contributed by atoms with van der Waals surface area (Å²) < 4.78 is 0. The minimum atomic E-state index is -0.933. The molecule has 1 aliphatic carbocycles. The molecule has 2 amide bonds. The van der Waals surface area contributed by atoms with E-state index in [9.17, 15) is 19.5 Å². The van der Waals surface area contributed by atoms with E-state index in [1.807, 2.05) is 0 Å². The van der Waals surface area contributed by atoms with Gasteiger partial charge in [-0.25, -0.2) is 4.79 Å². The lowest BCUT2D eigenvalue weighted by Gasteiger charge is -2.47. The second-order valence-corrected chi connectivity index (χ2v) is 6.22. The average molecular weight is 296 g/mol. The number of likely N-dealkylation sites (tertiary alicyclic amines) is 1. The van der Waals surface area contributed by atoms with Crippen molar-refractivity contribution in [2.24, 2.45) is 5.92 Å². The van der Waals surface area contributed by atoms with Crippen LogP contribution in [-0.4, -0.2) is 58.4 Å². The van der Waals surface area contributed by atoms with E-state index in [1.54, 1.807) is 11.9 Å². The Kier molecular flexibility index (Phi) is 4.85. The predicted octanol–water partition coefficient (Wildman–Crippen LogP) is 1.10. The van der Waals surface area contributed by atoms with Crippen LogP contribution in [0.3, 0.4) is 0 Å². The highest BCUT2D eigenvalue weighted by Crippen LogP contribution is 2.38. The van der Waals surface area contributed by atoms with Gasteiger partial charge in [0.25, 0.3) is 0 Å². The Hall–Kier alpha value is -1.59. The summed E-state index contributed by atoms with van der Waals surface area (Å²) in [4.78, 5) is 38.2. The molecule has 3 unspecified atom stereocenters. The van der Waals surface area contributed by atoms with E-state index in [0.29, 0.717) is 12.3 Å². The van der Waals surface area contributed by atoms with Crippen LogP contribution in [0, 0.1) is 5.92 Å². The SMILES string of the molecule is CC(=O)N(C)CC(=O)N1C(C(=O)O)CCC2CCCCC21. The lowest BCUT2D eigenvalue weighted by molar-refractivity contribution is -0.159. The van der Waals surface area contributed by atoms with E-state index in [0.717, 1.165) is 32.1 Å². The van der Waals surface area contributed by atoms with Gasteiger partial charge in [-0.2, -0.15) is 0 Å². The maximum atomic E-state index is 12.6. The molecule has 0 radical (unpaired) electrons. The number of rotatable bonds is 3. The van der Waals surface area contributed by atoms with Gasteiger partial charge in [-0.3, -0.25) is 9.59 Å². The predicted molar refractivity (Wildman–Crippen MR) is 76.6 cm³/mol. The zero-order valence-electron chi connectivity index (χ0n) is 12.7. The molecule has 0 aromatic carbocycles. The molecule has 6 nitrogen and oxygen atoms in total. The van der Waals surface area contributed by atoms with Crippen LogP contribution in [0.25, 0.3) is 0 Å². The third kappa shape index (κ3) is 3.36. The quantitative estimate of drug-likeness (QED) is 0.846. The normalized spacial score (nSPS) is 28.7. The third-order valence-electron chi connectivity index (χ3n) is 4.86. The summed E-state index contributed by atoms with van der Waals surface area (Å²) in [5.41, 5.74) is 0. The molecule has 0 aromatic heterocycles. The van der Waals surface area contributed by atoms with Gasteiger partial charge in [0.15, 0.2) is 0 Å². The summed E-state index contributed by atoms with van der Waals surface area (Å²) in [6, 6.07) is -0.710. The fraction of sp³-hybridized carbons (Fsp3) is 0.800. The number of carbonyl (C=O) groups excluding carboxylic acids is 2. The molecular weight excluding hydrogens is 272 g/mol. The Morgan fingerprint density at radius 2 is 1.81 bits per heavy atom. The number of carboxylic acid groups (broad SMARTS) is 1. The number of hydrogen-bond donors (Lipinski definition) is 1. The molecule has 1 saturated carbocycles. The van der Waals surface area contributed by atoms with Gasteiger partial charge in [0, 0.05) is 20.0 Å². The van der Waals surface area contributed by atoms with Gasteiger partial charge in [-0.15, -0.1) is 0 Å². The number of aliphatic carboxylic acids is 1. The van der Waals surface area contributed by atoms with Crippen LogP contribution in [0.5, 0.6) is 0 Å². The molecule has 2 fully saturated rings. The number of fused-ring (bicyclic) bond motifs is 1. The Morgan fingerprint density at radius 1 is 1.14 bits per heavy atom. The van der Waals surface area contributed by atoms with Crippen LogP contribution >= 0.6 is 0 Å². The van der Waals surface area contributed by atoms with Crippen molar-refractivity contribution < 1.29 is 19.5 Å². The number of carbonyl (C=O) groups is 3. The maximum Gasteiger partial charge on any atom is 0.326 e. The fourth-order valence-electron chi connectivity index (χ4n) is 3.63. The number of hydrogen-bond acceptors (Lipinski definition) is 3. The topological polar surface area (TPSA) is 77.9 Å². The van der Waals surface area contributed by atoms with Crippen molar-refractivity contribution in [1.82, 2.24) is 9.80 Å². The molecule has 1 N–H and O–H groups in total. The van der Waals surface area contributed by atoms with Crippen molar-refractivity contribution in [2.75, 3.05) is 13.6 Å². The minimum absolute atomic E-state index is 0.0291. The van der Waals surface area contributed by atoms with E-state index in [2.05, 4.69) is 0 Å². The van der Waals surface area contributed by atoms with Crippen LogP contribution in [-0.2, 0) is 14.4 Å². The highest BCUT2D eigenvalue weighted by atomic mass is 16.4. The van der Waals surface area contributed by atoms with E-state index in [4.69, 9.17) is 0 Å². The Morgan fingerprint density at radius 3 is 2.43 bits per heavy atom. The van der Waals surface area contributed by atoms with Crippen molar-refractivity contribution in [3.8, 4) is 0 Å². The summed E-state index contributed by atoms with van der Waals surface area (Å²) in [5, 5.41) is 9.42. The number of likely N-dealkylation sites (N-methyl/N-ethyl adjacent to an activating group) is 1. The zero-order chi connectivity index (χ0) is 15.6. The summed E-state index contributed by atoms with van der Waals surface area (Å²) in [7, 11) is 1.57. The number of amides is 2. The van der Waals surface area contributed by atoms with Crippen molar-refractivity contribution in [2.45, 2.75) is 57.5 Å². The molecule has 0 spiro atoms. The van der Waals surface area contributed by atoms with Gasteiger partial charge in [0.1, 0.15) is 6.04 Å². The van der Waals surface area contributed by atoms with Gasteiger partial charge in [-0.1, -0.05) is 12.8 Å². The fourth-order valence-corrected chi connectivity index (χ4v) is 3.63. The molecule has 2 rings (SSSR count). The summed E-state index contributed by atoms with van der Waals surface area (Å²) in [6.07, 6.45) is 5.56. The molecule has 1 heterocycles. The standard InChI is InChI=1S/C15H24N2O4/c1-10(18)16(2)9-14(19)17-12-6-4-3-5-11(12)7-8-13(17)15(20)21/h11-13H,3-9H2,1-2H3,(H,20,21). The summed E-state index contributed by atoms with van der Waals surface area (Å²) in [6.45, 7) is 1.36. The second-order valence-electron chi connectivity index (χ2n) is 6.22. The number of piperidine rings is 1. The highest BCUT2D eigenvalue weighted by molar-refractivity contribution is 5.88. The Balaban J connectivity index is 2.17. The second kappa shape index (κ2) is 6.45. The van der Waals surface area contributed by atoms with Gasteiger partial charge in [-0.05, 0) is 31.6 Å². The Labute approximate surface area is 125 Å². The third-order valence-corrected chi connectivity index (χ3v) is 4.86. The first-order valence-corrected chi connectivity index (χ1v) is 7.67. The number of nitrogens with zero attached hydrogens (tertiary/aromatic N) is 2. The molecule has 3 atom stereocenters. The minimum Gasteiger partial charge on any atom is -0.480 e. The first-order valence-electron chi connectivity index (χ1n) is 7.67. The lowest BCUT2D eigenvalue weighted by Crippen LogP contribution is -2.59. The van der Waals surface area contributed by atoms with E-state index in [1.165, 1.54) is 11.8 Å². The van der Waals surface area contributed by atoms with Crippen molar-refractivity contribution in [1.29, 1.82) is 0 Å². The van der Waals surface area contributed by atoms with Crippen LogP contribution in [0.2, 0.25) is 0 Å².